The average Bonchev–Trinajstić information content (AvgIpc) is 2.87. The second kappa shape index (κ2) is 7.18. The number of nitrogens with zero attached hydrogens (tertiary/aromatic N) is 2. The second-order valence-electron chi connectivity index (χ2n) is 7.53. The molecule has 6 heteroatoms. The molecule has 1 heterocycles. The van der Waals surface area contributed by atoms with Gasteiger partial charge in [-0.3, -0.25) is 4.57 Å². The molecular weight excluding hydrogens is 292 g/mol. The Hall–Kier alpha value is -1.14. The second-order valence-corrected chi connectivity index (χ2v) is 7.53. The van der Waals surface area contributed by atoms with Crippen LogP contribution in [-0.4, -0.2) is 38.1 Å². The Kier molecular flexibility index (Phi) is 5.21. The SMILES string of the molecule is Cn1c(C[C@@H]2CCCC[C@@H]2NCC2(O)CCCCC2)n[nH]c1=O. The van der Waals surface area contributed by atoms with Crippen LogP contribution in [0.4, 0.5) is 0 Å². The number of rotatable bonds is 5. The van der Waals surface area contributed by atoms with Gasteiger partial charge in [-0.25, -0.2) is 9.89 Å². The monoisotopic (exact) mass is 322 g/mol. The predicted octanol–water partition coefficient (Wildman–Crippen LogP) is 1.49. The molecule has 23 heavy (non-hydrogen) atoms. The molecular formula is C17H30N4O2. The van der Waals surface area contributed by atoms with Crippen LogP contribution in [0.2, 0.25) is 0 Å². The summed E-state index contributed by atoms with van der Waals surface area (Å²) in [5, 5.41) is 21.0. The highest BCUT2D eigenvalue weighted by Crippen LogP contribution is 2.30. The van der Waals surface area contributed by atoms with E-state index in [1.165, 1.54) is 19.3 Å². The van der Waals surface area contributed by atoms with Crippen LogP contribution in [0.5, 0.6) is 0 Å². The molecule has 0 spiro atoms. The summed E-state index contributed by atoms with van der Waals surface area (Å²) < 4.78 is 1.61. The zero-order chi connectivity index (χ0) is 16.3. The summed E-state index contributed by atoms with van der Waals surface area (Å²) in [7, 11) is 1.77. The van der Waals surface area contributed by atoms with E-state index in [9.17, 15) is 9.90 Å². The van der Waals surface area contributed by atoms with Gasteiger partial charge in [-0.05, 0) is 31.6 Å². The van der Waals surface area contributed by atoms with Gasteiger partial charge in [-0.2, -0.15) is 5.10 Å². The zero-order valence-electron chi connectivity index (χ0n) is 14.2. The molecule has 0 aliphatic heterocycles. The average molecular weight is 322 g/mol. The number of aromatic amines is 1. The summed E-state index contributed by atoms with van der Waals surface area (Å²) in [6, 6.07) is 0.418. The number of aliphatic hydroxyl groups is 1. The van der Waals surface area contributed by atoms with Gasteiger partial charge in [0.15, 0.2) is 0 Å². The Bertz CT molecular complexity index is 559. The minimum absolute atomic E-state index is 0.142. The quantitative estimate of drug-likeness (QED) is 0.767. The van der Waals surface area contributed by atoms with Crippen molar-refractivity contribution in [1.82, 2.24) is 20.1 Å². The number of hydrogen-bond acceptors (Lipinski definition) is 4. The van der Waals surface area contributed by atoms with Gasteiger partial charge in [0.25, 0.3) is 0 Å². The third-order valence-corrected chi connectivity index (χ3v) is 5.80. The molecule has 0 aromatic carbocycles. The summed E-state index contributed by atoms with van der Waals surface area (Å²) >= 11 is 0. The summed E-state index contributed by atoms with van der Waals surface area (Å²) in [5.74, 6) is 1.33. The molecule has 0 radical (unpaired) electrons. The van der Waals surface area contributed by atoms with Gasteiger partial charge in [0, 0.05) is 26.1 Å². The molecule has 1 aromatic rings. The predicted molar refractivity (Wildman–Crippen MR) is 89.3 cm³/mol. The van der Waals surface area contributed by atoms with Crippen molar-refractivity contribution in [1.29, 1.82) is 0 Å². The van der Waals surface area contributed by atoms with E-state index in [-0.39, 0.29) is 5.69 Å². The fraction of sp³-hybridized carbons (Fsp3) is 0.882. The summed E-state index contributed by atoms with van der Waals surface area (Å²) in [4.78, 5) is 11.5. The van der Waals surface area contributed by atoms with E-state index in [1.807, 2.05) is 0 Å². The Labute approximate surface area is 137 Å². The zero-order valence-corrected chi connectivity index (χ0v) is 14.2. The van der Waals surface area contributed by atoms with Gasteiger partial charge in [-0.1, -0.05) is 32.1 Å². The van der Waals surface area contributed by atoms with Crippen molar-refractivity contribution in [3.63, 3.8) is 0 Å². The lowest BCUT2D eigenvalue weighted by molar-refractivity contribution is -0.000353. The van der Waals surface area contributed by atoms with Crippen LogP contribution in [0.1, 0.15) is 63.6 Å². The third-order valence-electron chi connectivity index (χ3n) is 5.80. The van der Waals surface area contributed by atoms with Crippen molar-refractivity contribution < 1.29 is 5.11 Å². The lowest BCUT2D eigenvalue weighted by Gasteiger charge is -2.37. The first-order valence-corrected chi connectivity index (χ1v) is 9.13. The number of nitrogens with one attached hydrogen (secondary N) is 2. The molecule has 2 saturated carbocycles. The number of H-pyrrole nitrogens is 1. The van der Waals surface area contributed by atoms with Crippen LogP contribution in [0.3, 0.4) is 0 Å². The molecule has 6 nitrogen and oxygen atoms in total. The van der Waals surface area contributed by atoms with Crippen LogP contribution < -0.4 is 11.0 Å². The molecule has 2 aliphatic carbocycles. The van der Waals surface area contributed by atoms with Crippen LogP contribution in [0.25, 0.3) is 0 Å². The molecule has 2 fully saturated rings. The van der Waals surface area contributed by atoms with Gasteiger partial charge < -0.3 is 10.4 Å². The number of aromatic nitrogens is 3. The topological polar surface area (TPSA) is 82.9 Å². The normalized spacial score (nSPS) is 27.9. The molecule has 3 rings (SSSR count). The van der Waals surface area contributed by atoms with E-state index in [4.69, 9.17) is 0 Å². The lowest BCUT2D eigenvalue weighted by Crippen LogP contribution is -2.49. The largest absolute Gasteiger partial charge is 0.389 e. The van der Waals surface area contributed by atoms with Crippen molar-refractivity contribution in [2.45, 2.75) is 75.9 Å². The van der Waals surface area contributed by atoms with Crippen molar-refractivity contribution in [2.24, 2.45) is 13.0 Å². The van der Waals surface area contributed by atoms with Gasteiger partial charge in [-0.15, -0.1) is 0 Å². The fourth-order valence-corrected chi connectivity index (χ4v) is 4.23. The highest BCUT2D eigenvalue weighted by molar-refractivity contribution is 4.94. The van der Waals surface area contributed by atoms with E-state index in [0.29, 0.717) is 18.5 Å². The summed E-state index contributed by atoms with van der Waals surface area (Å²) in [6.45, 7) is 0.702. The molecule has 1 aromatic heterocycles. The summed E-state index contributed by atoms with van der Waals surface area (Å²) in [6.07, 6.45) is 11.0. The molecule has 2 atom stereocenters. The van der Waals surface area contributed by atoms with Crippen molar-refractivity contribution in [3.8, 4) is 0 Å². The first kappa shape index (κ1) is 16.7. The Balaban J connectivity index is 1.60. The van der Waals surface area contributed by atoms with Crippen molar-refractivity contribution in [2.75, 3.05) is 6.54 Å². The summed E-state index contributed by atoms with van der Waals surface area (Å²) in [5.41, 5.74) is -0.656. The number of hydrogen-bond donors (Lipinski definition) is 3. The van der Waals surface area contributed by atoms with Gasteiger partial charge in [0.2, 0.25) is 0 Å². The Morgan fingerprint density at radius 3 is 2.70 bits per heavy atom. The molecule has 3 N–H and O–H groups in total. The maximum absolute atomic E-state index is 11.5. The van der Waals surface area contributed by atoms with Gasteiger partial charge in [0.05, 0.1) is 5.60 Å². The molecule has 0 unspecified atom stereocenters. The van der Waals surface area contributed by atoms with Crippen LogP contribution in [-0.2, 0) is 13.5 Å². The molecule has 2 aliphatic rings. The van der Waals surface area contributed by atoms with E-state index < -0.39 is 5.60 Å². The maximum Gasteiger partial charge on any atom is 0.343 e. The Morgan fingerprint density at radius 2 is 2.00 bits per heavy atom. The molecule has 130 valence electrons. The minimum Gasteiger partial charge on any atom is -0.389 e. The minimum atomic E-state index is -0.514. The molecule has 0 bridgehead atoms. The molecule has 0 saturated heterocycles. The molecule has 0 amide bonds. The first-order valence-electron chi connectivity index (χ1n) is 9.13. The van der Waals surface area contributed by atoms with E-state index in [2.05, 4.69) is 15.5 Å². The smallest absolute Gasteiger partial charge is 0.343 e. The standard InChI is InChI=1S/C17H30N4O2/c1-21-15(19-20-16(21)22)11-13-7-3-4-8-14(13)18-12-17(23)9-5-2-6-10-17/h13-14,18,23H,2-12H2,1H3,(H,20,22)/t13-,14-/m0/s1. The van der Waals surface area contributed by atoms with Gasteiger partial charge >= 0.3 is 5.69 Å². The van der Waals surface area contributed by atoms with Crippen molar-refractivity contribution in [3.05, 3.63) is 16.3 Å². The Morgan fingerprint density at radius 1 is 1.26 bits per heavy atom. The maximum atomic E-state index is 11.5. The first-order chi connectivity index (χ1) is 11.1. The fourth-order valence-electron chi connectivity index (χ4n) is 4.23. The van der Waals surface area contributed by atoms with Crippen LogP contribution in [0.15, 0.2) is 4.79 Å². The lowest BCUT2D eigenvalue weighted by atomic mass is 9.80. The van der Waals surface area contributed by atoms with Crippen LogP contribution >= 0.6 is 0 Å². The van der Waals surface area contributed by atoms with E-state index in [1.54, 1.807) is 11.6 Å². The van der Waals surface area contributed by atoms with Crippen molar-refractivity contribution >= 4 is 0 Å². The van der Waals surface area contributed by atoms with Gasteiger partial charge in [0.1, 0.15) is 5.82 Å². The highest BCUT2D eigenvalue weighted by Gasteiger charge is 2.32. The van der Waals surface area contributed by atoms with E-state index >= 15 is 0 Å². The third kappa shape index (κ3) is 4.04. The van der Waals surface area contributed by atoms with E-state index in [0.717, 1.165) is 50.8 Å². The van der Waals surface area contributed by atoms with Crippen LogP contribution in [0, 0.1) is 5.92 Å². The highest BCUT2D eigenvalue weighted by atomic mass is 16.3.